The number of amides is 1. The predicted octanol–water partition coefficient (Wildman–Crippen LogP) is 2.20. The van der Waals surface area contributed by atoms with Crippen LogP contribution in [0.25, 0.3) is 0 Å². The molecule has 7 nitrogen and oxygen atoms in total. The van der Waals surface area contributed by atoms with E-state index in [1.807, 2.05) is 18.0 Å². The summed E-state index contributed by atoms with van der Waals surface area (Å²) in [6.45, 7) is 5.49. The van der Waals surface area contributed by atoms with E-state index in [1.165, 1.54) is 11.1 Å². The van der Waals surface area contributed by atoms with Crippen LogP contribution in [0, 0.1) is 6.92 Å². The molecule has 0 aromatic carbocycles. The van der Waals surface area contributed by atoms with Gasteiger partial charge in [0.05, 0.1) is 12.8 Å². The van der Waals surface area contributed by atoms with Crippen LogP contribution in [0.3, 0.4) is 0 Å². The lowest BCUT2D eigenvalue weighted by molar-refractivity contribution is 0.0657. The molecule has 0 bridgehead atoms. The van der Waals surface area contributed by atoms with Gasteiger partial charge in [0.2, 0.25) is 0 Å². The first-order valence-electron chi connectivity index (χ1n) is 7.87. The number of carbonyl (C=O) groups is 1. The van der Waals surface area contributed by atoms with E-state index in [-0.39, 0.29) is 29.9 Å². The molecule has 1 fully saturated rings. The molecule has 3 rings (SSSR count). The number of guanidine groups is 1. The summed E-state index contributed by atoms with van der Waals surface area (Å²) >= 11 is 1.68. The fraction of sp³-hybridized carbons (Fsp3) is 0.438. The van der Waals surface area contributed by atoms with Crippen molar-refractivity contribution in [3.05, 3.63) is 40.2 Å². The second kappa shape index (κ2) is 9.18. The van der Waals surface area contributed by atoms with Gasteiger partial charge in [-0.3, -0.25) is 9.79 Å². The summed E-state index contributed by atoms with van der Waals surface area (Å²) in [4.78, 5) is 26.1. The SMILES string of the molecule is CN=C(NCc1ncc(C)s1)N1CCN(C(=O)c2ccco2)CC1.I. The van der Waals surface area contributed by atoms with Gasteiger partial charge in [0.25, 0.3) is 5.91 Å². The van der Waals surface area contributed by atoms with Crippen LogP contribution < -0.4 is 5.32 Å². The number of hydrogen-bond donors (Lipinski definition) is 1. The van der Waals surface area contributed by atoms with Gasteiger partial charge in [0.1, 0.15) is 5.01 Å². The second-order valence-electron chi connectivity index (χ2n) is 5.52. The average molecular weight is 475 g/mol. The Morgan fingerprint density at radius 1 is 1.36 bits per heavy atom. The molecule has 0 spiro atoms. The number of halogens is 1. The Morgan fingerprint density at radius 3 is 2.64 bits per heavy atom. The molecule has 2 aromatic heterocycles. The van der Waals surface area contributed by atoms with E-state index in [2.05, 4.69) is 20.2 Å². The van der Waals surface area contributed by atoms with Crippen LogP contribution in [0.2, 0.25) is 0 Å². The molecule has 0 saturated carbocycles. The molecule has 9 heteroatoms. The first kappa shape index (κ1) is 19.7. The van der Waals surface area contributed by atoms with Crippen molar-refractivity contribution in [1.82, 2.24) is 20.1 Å². The highest BCUT2D eigenvalue weighted by molar-refractivity contribution is 14.0. The normalized spacial score (nSPS) is 15.0. The van der Waals surface area contributed by atoms with E-state index < -0.39 is 0 Å². The molecule has 0 unspecified atom stereocenters. The monoisotopic (exact) mass is 475 g/mol. The van der Waals surface area contributed by atoms with Crippen LogP contribution in [-0.4, -0.2) is 59.9 Å². The molecule has 0 atom stereocenters. The number of nitrogens with one attached hydrogen (secondary N) is 1. The summed E-state index contributed by atoms with van der Waals surface area (Å²) in [7, 11) is 1.77. The van der Waals surface area contributed by atoms with Crippen molar-refractivity contribution in [2.45, 2.75) is 13.5 Å². The zero-order valence-electron chi connectivity index (χ0n) is 14.3. The number of carbonyl (C=O) groups excluding carboxylic acids is 1. The zero-order valence-corrected chi connectivity index (χ0v) is 17.4. The lowest BCUT2D eigenvalue weighted by Crippen LogP contribution is -2.53. The lowest BCUT2D eigenvalue weighted by atomic mass is 10.3. The van der Waals surface area contributed by atoms with Crippen molar-refractivity contribution in [3.8, 4) is 0 Å². The summed E-state index contributed by atoms with van der Waals surface area (Å²) < 4.78 is 5.19. The van der Waals surface area contributed by atoms with E-state index in [4.69, 9.17) is 4.42 Å². The quantitative estimate of drug-likeness (QED) is 0.419. The maximum absolute atomic E-state index is 12.3. The molecule has 1 amide bonds. The minimum absolute atomic E-state index is 0. The van der Waals surface area contributed by atoms with Crippen LogP contribution in [0.1, 0.15) is 20.4 Å². The van der Waals surface area contributed by atoms with E-state index in [9.17, 15) is 4.79 Å². The fourth-order valence-corrected chi connectivity index (χ4v) is 3.37. The number of nitrogens with zero attached hydrogens (tertiary/aromatic N) is 4. The molecule has 0 aliphatic carbocycles. The molecule has 25 heavy (non-hydrogen) atoms. The average Bonchev–Trinajstić information content (AvgIpc) is 3.27. The molecule has 1 saturated heterocycles. The minimum atomic E-state index is -0.0548. The van der Waals surface area contributed by atoms with Gasteiger partial charge in [-0.1, -0.05) is 0 Å². The summed E-state index contributed by atoms with van der Waals surface area (Å²) in [6.07, 6.45) is 3.40. The predicted molar refractivity (Wildman–Crippen MR) is 109 cm³/mol. The Hall–Kier alpha value is -1.62. The van der Waals surface area contributed by atoms with Crippen molar-refractivity contribution in [1.29, 1.82) is 0 Å². The van der Waals surface area contributed by atoms with Gasteiger partial charge in [-0.2, -0.15) is 0 Å². The van der Waals surface area contributed by atoms with Crippen LogP contribution in [-0.2, 0) is 6.54 Å². The third-order valence-electron chi connectivity index (χ3n) is 3.88. The summed E-state index contributed by atoms with van der Waals surface area (Å²) in [5.41, 5.74) is 0. The van der Waals surface area contributed by atoms with Gasteiger partial charge in [-0.25, -0.2) is 4.98 Å². The van der Waals surface area contributed by atoms with Gasteiger partial charge in [-0.05, 0) is 19.1 Å². The van der Waals surface area contributed by atoms with E-state index in [0.29, 0.717) is 25.4 Å². The van der Waals surface area contributed by atoms with Crippen molar-refractivity contribution in [2.24, 2.45) is 4.99 Å². The highest BCUT2D eigenvalue weighted by atomic mass is 127. The van der Waals surface area contributed by atoms with Crippen molar-refractivity contribution >= 4 is 47.2 Å². The summed E-state index contributed by atoms with van der Waals surface area (Å²) in [5.74, 6) is 1.18. The van der Waals surface area contributed by atoms with E-state index >= 15 is 0 Å². The number of hydrogen-bond acceptors (Lipinski definition) is 5. The van der Waals surface area contributed by atoms with Crippen LogP contribution in [0.5, 0.6) is 0 Å². The molecular weight excluding hydrogens is 453 g/mol. The largest absolute Gasteiger partial charge is 0.459 e. The number of aryl methyl sites for hydroxylation is 1. The zero-order chi connectivity index (χ0) is 16.9. The topological polar surface area (TPSA) is 74.0 Å². The van der Waals surface area contributed by atoms with Gasteiger partial charge < -0.3 is 19.5 Å². The molecule has 2 aromatic rings. The number of piperazine rings is 1. The first-order chi connectivity index (χ1) is 11.7. The highest BCUT2D eigenvalue weighted by Crippen LogP contribution is 2.12. The highest BCUT2D eigenvalue weighted by Gasteiger charge is 2.25. The molecule has 1 aliphatic heterocycles. The standard InChI is InChI=1S/C16H21N5O2S.HI/c1-12-10-18-14(24-12)11-19-16(17-2)21-7-5-20(6-8-21)15(22)13-4-3-9-23-13;/h3-4,9-10H,5-8,11H2,1-2H3,(H,17,19);1H. The van der Waals surface area contributed by atoms with Crippen LogP contribution in [0.4, 0.5) is 0 Å². The summed E-state index contributed by atoms with van der Waals surface area (Å²) in [5, 5.41) is 4.38. The lowest BCUT2D eigenvalue weighted by Gasteiger charge is -2.36. The van der Waals surface area contributed by atoms with E-state index in [1.54, 1.807) is 30.5 Å². The Labute approximate surface area is 168 Å². The van der Waals surface area contributed by atoms with Gasteiger partial charge in [-0.15, -0.1) is 35.3 Å². The Morgan fingerprint density at radius 2 is 2.08 bits per heavy atom. The van der Waals surface area contributed by atoms with E-state index in [0.717, 1.165) is 24.1 Å². The molecule has 0 radical (unpaired) electrons. The first-order valence-corrected chi connectivity index (χ1v) is 8.68. The molecular formula is C16H22IN5O2S. The third kappa shape index (κ3) is 4.94. The van der Waals surface area contributed by atoms with Crippen molar-refractivity contribution in [2.75, 3.05) is 33.2 Å². The fourth-order valence-electron chi connectivity index (χ4n) is 2.65. The smallest absolute Gasteiger partial charge is 0.289 e. The number of furan rings is 1. The molecule has 1 aliphatic rings. The number of thiazole rings is 1. The third-order valence-corrected chi connectivity index (χ3v) is 4.79. The Kier molecular flexibility index (Phi) is 7.24. The van der Waals surface area contributed by atoms with Crippen molar-refractivity contribution in [3.63, 3.8) is 0 Å². The van der Waals surface area contributed by atoms with Crippen LogP contribution >= 0.6 is 35.3 Å². The molecule has 136 valence electrons. The maximum atomic E-state index is 12.3. The molecule has 3 heterocycles. The minimum Gasteiger partial charge on any atom is -0.459 e. The molecule has 1 N–H and O–H groups in total. The number of rotatable bonds is 3. The van der Waals surface area contributed by atoms with Crippen molar-refractivity contribution < 1.29 is 9.21 Å². The second-order valence-corrected chi connectivity index (χ2v) is 6.84. The Bertz CT molecular complexity index is 708. The van der Waals surface area contributed by atoms with Gasteiger partial charge in [0.15, 0.2) is 11.7 Å². The Balaban J connectivity index is 0.00000225. The number of aromatic nitrogens is 1. The van der Waals surface area contributed by atoms with Crippen LogP contribution in [0.15, 0.2) is 34.0 Å². The number of aliphatic imine (C=N–C) groups is 1. The maximum Gasteiger partial charge on any atom is 0.289 e. The van der Waals surface area contributed by atoms with Gasteiger partial charge >= 0.3 is 0 Å². The summed E-state index contributed by atoms with van der Waals surface area (Å²) in [6, 6.07) is 3.43. The van der Waals surface area contributed by atoms with Gasteiger partial charge in [0, 0.05) is 44.3 Å².